The molecule has 3 aliphatic carbocycles. The Bertz CT molecular complexity index is 1180. The third-order valence-corrected chi connectivity index (χ3v) is 10.3. The van der Waals surface area contributed by atoms with Gasteiger partial charge in [0.05, 0.1) is 16.8 Å². The number of benzene rings is 1. The zero-order valence-electron chi connectivity index (χ0n) is 21.0. The quantitative estimate of drug-likeness (QED) is 0.377. The molecule has 1 heterocycles. The number of carbonyl (C=O) groups excluding carboxylic acids is 2. The maximum atomic E-state index is 13.6. The molecule has 2 N–H and O–H groups in total. The Morgan fingerprint density at radius 1 is 1.00 bits per heavy atom. The molecule has 208 valence electrons. The summed E-state index contributed by atoms with van der Waals surface area (Å²) in [5.41, 5.74) is -4.39. The Labute approximate surface area is 221 Å². The van der Waals surface area contributed by atoms with Crippen LogP contribution in [0.4, 0.5) is 32.0 Å². The van der Waals surface area contributed by atoms with Gasteiger partial charge in [-0.2, -0.15) is 26.3 Å². The highest BCUT2D eigenvalue weighted by Crippen LogP contribution is 2.65. The molecular formula is C27H29ClF6N2O2. The lowest BCUT2D eigenvalue weighted by Crippen LogP contribution is -2.57. The largest absolute Gasteiger partial charge is 0.418 e. The minimum atomic E-state index is -5.07. The molecule has 1 saturated heterocycles. The van der Waals surface area contributed by atoms with Crippen LogP contribution < -0.4 is 10.6 Å². The predicted octanol–water partition coefficient (Wildman–Crippen LogP) is 7.14. The van der Waals surface area contributed by atoms with Crippen molar-refractivity contribution in [2.75, 3.05) is 11.9 Å². The van der Waals surface area contributed by atoms with Gasteiger partial charge in [-0.05, 0) is 67.4 Å². The van der Waals surface area contributed by atoms with Crippen LogP contribution in [0.3, 0.4) is 0 Å². The van der Waals surface area contributed by atoms with Crippen molar-refractivity contribution in [2.24, 2.45) is 34.5 Å². The molecule has 5 rings (SSSR count). The predicted molar refractivity (Wildman–Crippen MR) is 129 cm³/mol. The van der Waals surface area contributed by atoms with Gasteiger partial charge in [0.15, 0.2) is 5.78 Å². The van der Waals surface area contributed by atoms with Crippen molar-refractivity contribution in [2.45, 2.75) is 64.7 Å². The van der Waals surface area contributed by atoms with E-state index >= 15 is 0 Å². The summed E-state index contributed by atoms with van der Waals surface area (Å²) in [6.07, 6.45) is -6.75. The fourth-order valence-corrected chi connectivity index (χ4v) is 8.41. The second-order valence-corrected chi connectivity index (χ2v) is 12.1. The number of halogens is 7. The van der Waals surface area contributed by atoms with E-state index in [0.29, 0.717) is 56.8 Å². The molecule has 0 unspecified atom stereocenters. The van der Waals surface area contributed by atoms with Crippen LogP contribution in [0, 0.1) is 34.5 Å². The summed E-state index contributed by atoms with van der Waals surface area (Å²) in [6, 6.07) is 1.80. The second kappa shape index (κ2) is 8.89. The molecule has 11 heteroatoms. The van der Waals surface area contributed by atoms with Gasteiger partial charge in [-0.1, -0.05) is 31.5 Å². The van der Waals surface area contributed by atoms with Crippen molar-refractivity contribution < 1.29 is 35.9 Å². The molecule has 1 aromatic carbocycles. The van der Waals surface area contributed by atoms with Gasteiger partial charge in [0, 0.05) is 30.0 Å². The van der Waals surface area contributed by atoms with Gasteiger partial charge in [-0.25, -0.2) is 0 Å². The van der Waals surface area contributed by atoms with E-state index in [1.165, 1.54) is 0 Å². The molecule has 0 aromatic heterocycles. The molecule has 0 spiro atoms. The van der Waals surface area contributed by atoms with Crippen LogP contribution in [-0.2, 0) is 21.9 Å². The van der Waals surface area contributed by atoms with Crippen molar-refractivity contribution in [1.29, 1.82) is 0 Å². The van der Waals surface area contributed by atoms with Crippen LogP contribution in [-0.4, -0.2) is 18.2 Å². The van der Waals surface area contributed by atoms with E-state index in [2.05, 4.69) is 17.6 Å². The van der Waals surface area contributed by atoms with Gasteiger partial charge in [-0.3, -0.25) is 9.59 Å². The number of allylic oxidation sites excluding steroid dienone is 2. The molecule has 0 radical (unpaired) electrons. The van der Waals surface area contributed by atoms with E-state index in [1.54, 1.807) is 0 Å². The standard InChI is InChI=1S/C27H29ClF6N2O2/c1-24-10-8-15-13(12-35-22-20(28)19(37)9-11-25(15,22)2)14(24)6-7-18(24)23(38)36-21-16(26(29,30)31)4-3-5-17(21)27(32,33)34/h3-5,13-15,18,35H,6-12H2,1-2H3,(H,36,38)/t13-,14-,15-,18+,24-,25+/m0/s1. The number of hydrogen-bond donors (Lipinski definition) is 2. The van der Waals surface area contributed by atoms with E-state index in [9.17, 15) is 35.9 Å². The number of amides is 1. The Hall–Kier alpha value is -2.23. The minimum absolute atomic E-state index is 0.0548. The number of piperidine rings is 1. The van der Waals surface area contributed by atoms with E-state index < -0.39 is 46.4 Å². The van der Waals surface area contributed by atoms with Crippen molar-refractivity contribution >= 4 is 29.0 Å². The molecule has 2 saturated carbocycles. The van der Waals surface area contributed by atoms with E-state index in [1.807, 2.05) is 6.92 Å². The third kappa shape index (κ3) is 4.12. The Morgan fingerprint density at radius 3 is 2.24 bits per heavy atom. The average Bonchev–Trinajstić information content (AvgIpc) is 3.18. The second-order valence-electron chi connectivity index (χ2n) is 11.7. The number of Topliss-reactive ketones (excluding diaryl/α,β-unsaturated/α-hetero) is 1. The van der Waals surface area contributed by atoms with Gasteiger partial charge in [0.2, 0.25) is 5.91 Å². The first kappa shape index (κ1) is 27.3. The molecule has 3 fully saturated rings. The first-order chi connectivity index (χ1) is 17.6. The third-order valence-electron chi connectivity index (χ3n) is 9.92. The fraction of sp³-hybridized carbons (Fsp3) is 0.630. The summed E-state index contributed by atoms with van der Waals surface area (Å²) in [4.78, 5) is 25.6. The van der Waals surface area contributed by atoms with Crippen molar-refractivity contribution in [3.8, 4) is 0 Å². The zero-order valence-corrected chi connectivity index (χ0v) is 21.7. The maximum absolute atomic E-state index is 13.6. The van der Waals surface area contributed by atoms with E-state index in [4.69, 9.17) is 11.6 Å². The van der Waals surface area contributed by atoms with Gasteiger partial charge in [0.25, 0.3) is 0 Å². The summed E-state index contributed by atoms with van der Waals surface area (Å²) in [5, 5.41) is 5.70. The molecule has 4 nitrogen and oxygen atoms in total. The number of anilines is 1. The van der Waals surface area contributed by atoms with Gasteiger partial charge in [-0.15, -0.1) is 0 Å². The first-order valence-electron chi connectivity index (χ1n) is 12.8. The summed E-state index contributed by atoms with van der Waals surface area (Å²) in [7, 11) is 0. The van der Waals surface area contributed by atoms with Crippen LogP contribution in [0.1, 0.15) is 63.5 Å². The maximum Gasteiger partial charge on any atom is 0.418 e. The highest BCUT2D eigenvalue weighted by atomic mass is 35.5. The number of ketones is 1. The van der Waals surface area contributed by atoms with Crippen LogP contribution >= 0.6 is 11.6 Å². The molecule has 38 heavy (non-hydrogen) atoms. The Morgan fingerprint density at radius 2 is 1.63 bits per heavy atom. The van der Waals surface area contributed by atoms with Crippen LogP contribution in [0.25, 0.3) is 0 Å². The fourth-order valence-electron chi connectivity index (χ4n) is 8.03. The summed E-state index contributed by atoms with van der Waals surface area (Å²) in [6.45, 7) is 4.61. The van der Waals surface area contributed by atoms with Gasteiger partial charge >= 0.3 is 12.4 Å². The zero-order chi connectivity index (χ0) is 27.8. The monoisotopic (exact) mass is 562 g/mol. The average molecular weight is 563 g/mol. The number of rotatable bonds is 2. The normalized spacial score (nSPS) is 35.2. The van der Waals surface area contributed by atoms with Gasteiger partial charge in [0.1, 0.15) is 5.03 Å². The lowest BCUT2D eigenvalue weighted by atomic mass is 9.50. The summed E-state index contributed by atoms with van der Waals surface area (Å²) < 4.78 is 81.8. The topological polar surface area (TPSA) is 58.2 Å². The Kier molecular flexibility index (Phi) is 6.40. The SMILES string of the molecule is C[C@]12CC[C@H]3[C@@H](CNC4=C(Cl)C(=O)CC[C@@]43C)[C@@H]1CC[C@@H]2C(=O)Nc1c(C(F)(F)F)cccc1C(F)(F)F. The van der Waals surface area contributed by atoms with Crippen molar-refractivity contribution in [3.05, 3.63) is 40.1 Å². The lowest BCUT2D eigenvalue weighted by Gasteiger charge is -2.58. The molecule has 1 aromatic rings. The van der Waals surface area contributed by atoms with Crippen LogP contribution in [0.2, 0.25) is 0 Å². The summed E-state index contributed by atoms with van der Waals surface area (Å²) in [5.74, 6) is -1.20. The highest BCUT2D eigenvalue weighted by molar-refractivity contribution is 6.43. The van der Waals surface area contributed by atoms with Crippen LogP contribution in [0.5, 0.6) is 0 Å². The number of nitrogens with one attached hydrogen (secondary N) is 2. The number of fused-ring (bicyclic) bond motifs is 5. The number of hydrogen-bond acceptors (Lipinski definition) is 3. The smallest absolute Gasteiger partial charge is 0.386 e. The Balaban J connectivity index is 1.43. The molecule has 0 bridgehead atoms. The summed E-state index contributed by atoms with van der Waals surface area (Å²) >= 11 is 6.39. The molecule has 1 amide bonds. The number of carbonyl (C=O) groups is 2. The minimum Gasteiger partial charge on any atom is -0.386 e. The van der Waals surface area contributed by atoms with Crippen LogP contribution in [0.15, 0.2) is 28.9 Å². The molecule has 4 aliphatic rings. The van der Waals surface area contributed by atoms with E-state index in [-0.39, 0.29) is 34.0 Å². The highest BCUT2D eigenvalue weighted by Gasteiger charge is 2.61. The van der Waals surface area contributed by atoms with Gasteiger partial charge < -0.3 is 10.6 Å². The van der Waals surface area contributed by atoms with Crippen molar-refractivity contribution in [3.63, 3.8) is 0 Å². The molecular weight excluding hydrogens is 534 g/mol. The molecule has 6 atom stereocenters. The molecule has 1 aliphatic heterocycles. The first-order valence-corrected chi connectivity index (χ1v) is 13.2. The van der Waals surface area contributed by atoms with Crippen molar-refractivity contribution in [1.82, 2.24) is 5.32 Å². The number of para-hydroxylation sites is 1. The lowest BCUT2D eigenvalue weighted by molar-refractivity contribution is -0.142. The number of alkyl halides is 6. The van der Waals surface area contributed by atoms with E-state index in [0.717, 1.165) is 12.1 Å².